The van der Waals surface area contributed by atoms with Crippen molar-refractivity contribution in [3.63, 3.8) is 0 Å². The fourth-order valence-electron chi connectivity index (χ4n) is 0. The summed E-state index contributed by atoms with van der Waals surface area (Å²) in [4.78, 5) is 0. The largest absolute Gasteiger partial charge is 0.197 e. The molecule has 0 saturated carbocycles. The van der Waals surface area contributed by atoms with Gasteiger partial charge >= 0.3 is 0 Å². The fraction of sp³-hybridized carbons (Fsp3) is 0. The molecule has 0 atom stereocenters. The molecule has 0 nitrogen and oxygen atoms in total. The second-order valence-electron chi connectivity index (χ2n) is 0. The molecular formula is H2LiSSiZn. The molecule has 0 saturated heterocycles. The predicted molar refractivity (Wildman–Crippen MR) is 21.9 cm³/mol. The monoisotopic (exact) mass is 133 g/mol. The quantitative estimate of drug-likeness (QED) is 0.386. The molecule has 0 aliphatic heterocycles. The third-order valence-electron chi connectivity index (χ3n) is 0. The summed E-state index contributed by atoms with van der Waals surface area (Å²) in [6.45, 7) is 0. The summed E-state index contributed by atoms with van der Waals surface area (Å²) in [6.07, 6.45) is 0. The zero-order valence-electron chi connectivity index (χ0n) is 2.71. The smallest absolute Gasteiger partial charge is 0 e. The maximum absolute atomic E-state index is 0. The molecule has 0 aliphatic carbocycles. The molecular weight excluding hydrogens is 132 g/mol. The van der Waals surface area contributed by atoms with Gasteiger partial charge in [0.2, 0.25) is 0 Å². The average molecular weight is 134 g/mol. The zero-order chi connectivity index (χ0) is 0. The summed E-state index contributed by atoms with van der Waals surface area (Å²) in [5.41, 5.74) is 0. The molecule has 0 amide bonds. The Labute approximate surface area is 62.5 Å². The van der Waals surface area contributed by atoms with Gasteiger partial charge in [0.15, 0.2) is 0 Å². The minimum absolute atomic E-state index is 0. The van der Waals surface area contributed by atoms with Crippen molar-refractivity contribution in [2.45, 2.75) is 0 Å². The first-order chi connectivity index (χ1) is 0. The van der Waals surface area contributed by atoms with Crippen LogP contribution in [0.1, 0.15) is 0 Å². The SMILES string of the molecule is S.[Li].[Si].[Zn]. The molecule has 0 aromatic heterocycles. The molecule has 0 aliphatic rings. The molecule has 4 heteroatoms. The third kappa shape index (κ3) is 9.21. The molecule has 0 bridgehead atoms. The van der Waals surface area contributed by atoms with E-state index in [1.807, 2.05) is 0 Å². The molecule has 0 fully saturated rings. The van der Waals surface area contributed by atoms with Crippen LogP contribution in [0, 0.1) is 0 Å². The van der Waals surface area contributed by atoms with E-state index in [4.69, 9.17) is 0 Å². The van der Waals surface area contributed by atoms with E-state index in [0.29, 0.717) is 0 Å². The first kappa shape index (κ1) is 41.5. The van der Waals surface area contributed by atoms with Gasteiger partial charge in [-0.1, -0.05) is 0 Å². The standard InChI is InChI=1S/Li.H2S.Si.Zn/h;1H2;;. The second-order valence-corrected chi connectivity index (χ2v) is 0. The van der Waals surface area contributed by atoms with E-state index in [1.165, 1.54) is 0 Å². The van der Waals surface area contributed by atoms with Gasteiger partial charge in [-0.25, -0.2) is 0 Å². The Morgan fingerprint density at radius 1 is 1.00 bits per heavy atom. The van der Waals surface area contributed by atoms with Crippen molar-refractivity contribution in [2.75, 3.05) is 0 Å². The summed E-state index contributed by atoms with van der Waals surface area (Å²) in [5, 5.41) is 0. The van der Waals surface area contributed by atoms with Gasteiger partial charge in [0.25, 0.3) is 0 Å². The maximum atomic E-state index is 0. The van der Waals surface area contributed by atoms with Crippen LogP contribution in [-0.4, -0.2) is 29.8 Å². The van der Waals surface area contributed by atoms with E-state index in [1.54, 1.807) is 0 Å². The second kappa shape index (κ2) is 21.5. The first-order valence-electron chi connectivity index (χ1n) is 0. The number of rotatable bonds is 0. The number of hydrogen-bond acceptors (Lipinski definition) is 0. The third-order valence-corrected chi connectivity index (χ3v) is 0. The zero-order valence-corrected chi connectivity index (χ0v) is 7.67. The van der Waals surface area contributed by atoms with Crippen LogP contribution in [0.4, 0.5) is 0 Å². The van der Waals surface area contributed by atoms with Crippen LogP contribution < -0.4 is 0 Å². The van der Waals surface area contributed by atoms with Crippen LogP contribution in [-0.2, 0) is 19.5 Å². The molecule has 0 rings (SSSR count). The summed E-state index contributed by atoms with van der Waals surface area (Å²) in [6, 6.07) is 0. The van der Waals surface area contributed by atoms with Crippen molar-refractivity contribution in [2.24, 2.45) is 0 Å². The van der Waals surface area contributed by atoms with E-state index in [0.717, 1.165) is 0 Å². The summed E-state index contributed by atoms with van der Waals surface area (Å²) >= 11 is 0. The Balaban J connectivity index is 0. The van der Waals surface area contributed by atoms with Crippen LogP contribution in [0.5, 0.6) is 0 Å². The van der Waals surface area contributed by atoms with Gasteiger partial charge in [0.1, 0.15) is 0 Å². The molecule has 0 spiro atoms. The average Bonchev–Trinajstić information content (AvgIpc) is 0. The minimum Gasteiger partial charge on any atom is -0.197 e. The molecule has 0 N–H and O–H groups in total. The topological polar surface area (TPSA) is 0 Å². The van der Waals surface area contributed by atoms with Crippen LogP contribution in [0.3, 0.4) is 0 Å². The van der Waals surface area contributed by atoms with Crippen LogP contribution in [0.15, 0.2) is 0 Å². The molecule has 4 heavy (non-hydrogen) atoms. The van der Waals surface area contributed by atoms with Gasteiger partial charge < -0.3 is 0 Å². The minimum atomic E-state index is 0. The van der Waals surface area contributed by atoms with E-state index < -0.39 is 0 Å². The Morgan fingerprint density at radius 2 is 1.00 bits per heavy atom. The van der Waals surface area contributed by atoms with Crippen molar-refractivity contribution in [3.05, 3.63) is 0 Å². The van der Waals surface area contributed by atoms with Crippen molar-refractivity contribution in [1.29, 1.82) is 0 Å². The van der Waals surface area contributed by atoms with Crippen LogP contribution >= 0.6 is 13.5 Å². The molecule has 15 valence electrons. The predicted octanol–water partition coefficient (Wildman–Crippen LogP) is -0.651. The molecule has 0 unspecified atom stereocenters. The normalized spacial score (nSPS) is 0. The van der Waals surface area contributed by atoms with Gasteiger partial charge in [0, 0.05) is 49.3 Å². The number of hydrogen-bond donors (Lipinski definition) is 0. The molecule has 0 aromatic rings. The summed E-state index contributed by atoms with van der Waals surface area (Å²) in [7, 11) is 0. The Hall–Kier alpha value is 1.79. The van der Waals surface area contributed by atoms with Gasteiger partial charge in [-0.3, -0.25) is 0 Å². The Bertz CT molecular complexity index is 8.00. The fourth-order valence-corrected chi connectivity index (χ4v) is 0. The van der Waals surface area contributed by atoms with Gasteiger partial charge in [-0.15, -0.1) is 0 Å². The van der Waals surface area contributed by atoms with Gasteiger partial charge in [-0.2, -0.15) is 13.5 Å². The Kier molecular flexibility index (Phi) is 223. The molecule has 0 heterocycles. The van der Waals surface area contributed by atoms with Crippen LogP contribution in [0.2, 0.25) is 0 Å². The van der Waals surface area contributed by atoms with E-state index in [2.05, 4.69) is 0 Å². The summed E-state index contributed by atoms with van der Waals surface area (Å²) in [5.74, 6) is 0. The van der Waals surface area contributed by atoms with E-state index >= 15 is 0 Å². The first-order valence-corrected chi connectivity index (χ1v) is 0. The van der Waals surface area contributed by atoms with Gasteiger partial charge in [0.05, 0.1) is 0 Å². The van der Waals surface area contributed by atoms with E-state index in [9.17, 15) is 0 Å². The van der Waals surface area contributed by atoms with Crippen molar-refractivity contribution < 1.29 is 19.5 Å². The van der Waals surface area contributed by atoms with Crippen molar-refractivity contribution in [3.8, 4) is 0 Å². The van der Waals surface area contributed by atoms with Crippen molar-refractivity contribution >= 4 is 43.3 Å². The summed E-state index contributed by atoms with van der Waals surface area (Å²) < 4.78 is 0. The van der Waals surface area contributed by atoms with Crippen molar-refractivity contribution in [1.82, 2.24) is 0 Å². The molecule has 0 aromatic carbocycles. The molecule has 5 radical (unpaired) electrons. The Morgan fingerprint density at radius 3 is 1.00 bits per heavy atom. The van der Waals surface area contributed by atoms with Crippen LogP contribution in [0.25, 0.3) is 0 Å². The maximum Gasteiger partial charge on any atom is 0 e. The van der Waals surface area contributed by atoms with E-state index in [-0.39, 0.29) is 62.8 Å². The van der Waals surface area contributed by atoms with Gasteiger partial charge in [-0.05, 0) is 0 Å².